The van der Waals surface area contributed by atoms with E-state index >= 15 is 0 Å². The van der Waals surface area contributed by atoms with Crippen LogP contribution in [0.4, 0.5) is 4.39 Å². The predicted molar refractivity (Wildman–Crippen MR) is 90.7 cm³/mol. The van der Waals surface area contributed by atoms with Crippen LogP contribution in [0, 0.1) is 5.82 Å². The summed E-state index contributed by atoms with van der Waals surface area (Å²) in [5.41, 5.74) is -0.0678. The number of carbonyl (C=O) groups excluding carboxylic acids is 1. The van der Waals surface area contributed by atoms with Crippen LogP contribution < -0.4 is 10.8 Å². The van der Waals surface area contributed by atoms with E-state index in [2.05, 4.69) is 5.32 Å². The van der Waals surface area contributed by atoms with Crippen LogP contribution in [-0.2, 0) is 25.3 Å². The summed E-state index contributed by atoms with van der Waals surface area (Å²) in [5.74, 6) is -0.546. The summed E-state index contributed by atoms with van der Waals surface area (Å²) in [6.45, 7) is 8.56. The van der Waals surface area contributed by atoms with Gasteiger partial charge in [0.05, 0.1) is 24.2 Å². The van der Waals surface area contributed by atoms with Gasteiger partial charge in [0.2, 0.25) is 5.91 Å². The molecule has 0 radical (unpaired) electrons. The van der Waals surface area contributed by atoms with Crippen LogP contribution in [-0.4, -0.2) is 44.5 Å². The largest absolute Gasteiger partial charge is 0.497 e. The van der Waals surface area contributed by atoms with Gasteiger partial charge in [0.25, 0.3) is 0 Å². The highest BCUT2D eigenvalue weighted by molar-refractivity contribution is 6.62. The number of rotatable bonds is 6. The van der Waals surface area contributed by atoms with Gasteiger partial charge in [-0.1, -0.05) is 12.1 Å². The van der Waals surface area contributed by atoms with E-state index in [9.17, 15) is 9.18 Å². The molecule has 0 saturated carbocycles. The lowest BCUT2D eigenvalue weighted by molar-refractivity contribution is -0.120. The minimum absolute atomic E-state index is 0.140. The molecule has 5 nitrogen and oxygen atoms in total. The lowest BCUT2D eigenvalue weighted by atomic mass is 9.77. The zero-order valence-electron chi connectivity index (χ0n) is 14.9. The number of carbonyl (C=O) groups is 1. The third kappa shape index (κ3) is 4.15. The summed E-state index contributed by atoms with van der Waals surface area (Å²) in [7, 11) is 0.787. The molecular formula is C17H25BFNO4. The number of hydrogen-bond donors (Lipinski definition) is 1. The van der Waals surface area contributed by atoms with Crippen molar-refractivity contribution < 1.29 is 23.2 Å². The Morgan fingerprint density at radius 2 is 1.88 bits per heavy atom. The Balaban J connectivity index is 2.11. The molecule has 1 aliphatic heterocycles. The van der Waals surface area contributed by atoms with Crippen LogP contribution in [0.2, 0.25) is 0 Å². The lowest BCUT2D eigenvalue weighted by Crippen LogP contribution is -2.41. The van der Waals surface area contributed by atoms with Gasteiger partial charge in [-0.05, 0) is 39.3 Å². The van der Waals surface area contributed by atoms with Crippen molar-refractivity contribution >= 4 is 18.5 Å². The van der Waals surface area contributed by atoms with Crippen LogP contribution >= 0.6 is 0 Å². The molecule has 1 aromatic carbocycles. The summed E-state index contributed by atoms with van der Waals surface area (Å²) in [5, 5.41) is 2.74. The van der Waals surface area contributed by atoms with Gasteiger partial charge in [0.1, 0.15) is 5.82 Å². The number of nitrogens with one attached hydrogen (secondary N) is 1. The summed E-state index contributed by atoms with van der Waals surface area (Å²) < 4.78 is 30.9. The molecule has 1 fully saturated rings. The van der Waals surface area contributed by atoms with E-state index in [1.807, 2.05) is 27.7 Å². The molecule has 0 aliphatic carbocycles. The molecule has 0 bridgehead atoms. The quantitative estimate of drug-likeness (QED) is 0.630. The summed E-state index contributed by atoms with van der Waals surface area (Å²) in [4.78, 5) is 11.9. The molecule has 1 saturated heterocycles. The van der Waals surface area contributed by atoms with Crippen molar-refractivity contribution in [2.75, 3.05) is 20.3 Å². The van der Waals surface area contributed by atoms with Gasteiger partial charge in [-0.3, -0.25) is 4.79 Å². The zero-order chi connectivity index (χ0) is 18.0. The third-order valence-electron chi connectivity index (χ3n) is 4.56. The first kappa shape index (κ1) is 18.9. The van der Waals surface area contributed by atoms with Crippen molar-refractivity contribution in [3.63, 3.8) is 0 Å². The molecule has 0 aromatic heterocycles. The number of ether oxygens (including phenoxy) is 1. The Kier molecular flexibility index (Phi) is 5.68. The van der Waals surface area contributed by atoms with E-state index < -0.39 is 24.1 Å². The highest BCUT2D eigenvalue weighted by Crippen LogP contribution is 2.36. The number of hydrogen-bond acceptors (Lipinski definition) is 4. The van der Waals surface area contributed by atoms with Gasteiger partial charge in [-0.15, -0.1) is 0 Å². The topological polar surface area (TPSA) is 56.8 Å². The highest BCUT2D eigenvalue weighted by atomic mass is 19.1. The molecule has 7 heteroatoms. The second-order valence-electron chi connectivity index (χ2n) is 6.96. The molecule has 1 aromatic rings. The standard InChI is InChI=1S/C17H25BFNO4/c1-16(2)17(3,4)24-18(23-16)13-10-12(6-7-14(13)19)11-15(21)20-8-9-22-5/h6-7,10H,8-9,11H2,1-5H3,(H,20,21). The first-order chi connectivity index (χ1) is 11.2. The lowest BCUT2D eigenvalue weighted by Gasteiger charge is -2.32. The van der Waals surface area contributed by atoms with Crippen molar-refractivity contribution in [2.24, 2.45) is 0 Å². The molecule has 0 spiro atoms. The van der Waals surface area contributed by atoms with Gasteiger partial charge in [0.15, 0.2) is 0 Å². The summed E-state index contributed by atoms with van der Waals surface area (Å²) in [6, 6.07) is 4.57. The van der Waals surface area contributed by atoms with Crippen molar-refractivity contribution in [3.05, 3.63) is 29.6 Å². The van der Waals surface area contributed by atoms with Crippen LogP contribution in [0.5, 0.6) is 0 Å². The molecule has 132 valence electrons. The number of methoxy groups -OCH3 is 1. The van der Waals surface area contributed by atoms with E-state index in [1.165, 1.54) is 6.07 Å². The van der Waals surface area contributed by atoms with E-state index in [4.69, 9.17) is 14.0 Å². The molecule has 1 amide bonds. The molecule has 0 unspecified atom stereocenters. The minimum atomic E-state index is -0.786. The Bertz CT molecular complexity index is 590. The maximum absolute atomic E-state index is 14.2. The highest BCUT2D eigenvalue weighted by Gasteiger charge is 2.52. The van der Waals surface area contributed by atoms with Crippen molar-refractivity contribution in [2.45, 2.75) is 45.3 Å². The van der Waals surface area contributed by atoms with E-state index in [0.717, 1.165) is 0 Å². The average Bonchev–Trinajstić information content (AvgIpc) is 2.69. The fourth-order valence-electron chi connectivity index (χ4n) is 2.39. The van der Waals surface area contributed by atoms with Crippen molar-refractivity contribution in [1.82, 2.24) is 5.32 Å². The molecule has 1 heterocycles. The Labute approximate surface area is 143 Å². The first-order valence-electron chi connectivity index (χ1n) is 8.06. The molecular weight excluding hydrogens is 312 g/mol. The summed E-state index contributed by atoms with van der Waals surface area (Å²) >= 11 is 0. The van der Waals surface area contributed by atoms with E-state index in [0.29, 0.717) is 24.2 Å². The van der Waals surface area contributed by atoms with Gasteiger partial charge in [-0.25, -0.2) is 4.39 Å². The monoisotopic (exact) mass is 337 g/mol. The Morgan fingerprint density at radius 1 is 1.25 bits per heavy atom. The van der Waals surface area contributed by atoms with Crippen molar-refractivity contribution in [3.8, 4) is 0 Å². The smallest absolute Gasteiger partial charge is 0.399 e. The zero-order valence-corrected chi connectivity index (χ0v) is 14.9. The van der Waals surface area contributed by atoms with Gasteiger partial charge < -0.3 is 19.4 Å². The number of benzene rings is 1. The third-order valence-corrected chi connectivity index (χ3v) is 4.56. The fraction of sp³-hybridized carbons (Fsp3) is 0.588. The molecule has 1 N–H and O–H groups in total. The average molecular weight is 337 g/mol. The van der Waals surface area contributed by atoms with E-state index in [-0.39, 0.29) is 12.3 Å². The van der Waals surface area contributed by atoms with Gasteiger partial charge in [-0.2, -0.15) is 0 Å². The summed E-state index contributed by atoms with van der Waals surface area (Å²) in [6.07, 6.45) is 0.163. The number of halogens is 1. The van der Waals surface area contributed by atoms with Gasteiger partial charge >= 0.3 is 7.12 Å². The Hall–Kier alpha value is -1.44. The molecule has 2 rings (SSSR count). The van der Waals surface area contributed by atoms with Crippen LogP contribution in [0.15, 0.2) is 18.2 Å². The molecule has 1 aliphatic rings. The number of amides is 1. The maximum Gasteiger partial charge on any atom is 0.497 e. The van der Waals surface area contributed by atoms with Crippen molar-refractivity contribution in [1.29, 1.82) is 0 Å². The predicted octanol–water partition coefficient (Wildman–Crippen LogP) is 1.43. The second kappa shape index (κ2) is 7.21. The van der Waals surface area contributed by atoms with Crippen LogP contribution in [0.3, 0.4) is 0 Å². The van der Waals surface area contributed by atoms with Crippen LogP contribution in [0.1, 0.15) is 33.3 Å². The normalized spacial score (nSPS) is 18.7. The van der Waals surface area contributed by atoms with Gasteiger partial charge in [0, 0.05) is 19.1 Å². The maximum atomic E-state index is 14.2. The fourth-order valence-corrected chi connectivity index (χ4v) is 2.39. The minimum Gasteiger partial charge on any atom is -0.399 e. The van der Waals surface area contributed by atoms with Crippen LogP contribution in [0.25, 0.3) is 0 Å². The first-order valence-corrected chi connectivity index (χ1v) is 8.06. The molecule has 0 atom stereocenters. The van der Waals surface area contributed by atoms with E-state index in [1.54, 1.807) is 19.2 Å². The Morgan fingerprint density at radius 3 is 2.46 bits per heavy atom. The second-order valence-corrected chi connectivity index (χ2v) is 6.96. The molecule has 24 heavy (non-hydrogen) atoms. The SMILES string of the molecule is COCCNC(=O)Cc1ccc(F)c(B2OC(C)(C)C(C)(C)O2)c1.